The van der Waals surface area contributed by atoms with Gasteiger partial charge in [-0.1, -0.05) is 13.8 Å². The Morgan fingerprint density at radius 1 is 1.44 bits per heavy atom. The van der Waals surface area contributed by atoms with E-state index in [2.05, 4.69) is 13.8 Å². The summed E-state index contributed by atoms with van der Waals surface area (Å²) in [6.07, 6.45) is 0.794. The quantitative estimate of drug-likeness (QED) is 0.825. The van der Waals surface area contributed by atoms with Crippen LogP contribution in [0.1, 0.15) is 41.0 Å². The Morgan fingerprint density at radius 2 is 2.06 bits per heavy atom. The molecule has 1 saturated heterocycles. The Hall–Kier alpha value is -0.770. The minimum atomic E-state index is -0.422. The van der Waals surface area contributed by atoms with E-state index in [1.165, 1.54) is 0 Å². The molecule has 2 N–H and O–H groups in total. The van der Waals surface area contributed by atoms with E-state index in [1.54, 1.807) is 0 Å². The zero-order valence-electron chi connectivity index (χ0n) is 12.4. The lowest BCUT2D eigenvalue weighted by Crippen LogP contribution is -2.48. The first-order chi connectivity index (χ1) is 8.24. The lowest BCUT2D eigenvalue weighted by Gasteiger charge is -2.40. The summed E-state index contributed by atoms with van der Waals surface area (Å²) < 4.78 is 5.43. The third-order valence-electron chi connectivity index (χ3n) is 3.62. The summed E-state index contributed by atoms with van der Waals surface area (Å²) in [5, 5.41) is 0. The van der Waals surface area contributed by atoms with Gasteiger partial charge in [0.1, 0.15) is 5.60 Å². The van der Waals surface area contributed by atoms with Crippen molar-refractivity contribution >= 4 is 6.09 Å². The molecule has 1 heterocycles. The van der Waals surface area contributed by atoms with Gasteiger partial charge >= 0.3 is 6.09 Å². The summed E-state index contributed by atoms with van der Waals surface area (Å²) in [4.78, 5) is 13.9. The molecule has 0 aromatic carbocycles. The number of hydrogen-bond donors (Lipinski definition) is 1. The van der Waals surface area contributed by atoms with E-state index >= 15 is 0 Å². The zero-order valence-corrected chi connectivity index (χ0v) is 12.4. The van der Waals surface area contributed by atoms with Crippen molar-refractivity contribution in [3.63, 3.8) is 0 Å². The Morgan fingerprint density at radius 3 is 2.50 bits per heavy atom. The summed E-state index contributed by atoms with van der Waals surface area (Å²) in [6, 6.07) is 0. The van der Waals surface area contributed by atoms with Crippen LogP contribution in [0.4, 0.5) is 4.79 Å². The molecule has 0 unspecified atom stereocenters. The fourth-order valence-corrected chi connectivity index (χ4v) is 2.57. The van der Waals surface area contributed by atoms with Gasteiger partial charge < -0.3 is 15.4 Å². The molecule has 106 valence electrons. The highest BCUT2D eigenvalue weighted by Crippen LogP contribution is 2.29. The molecule has 1 rings (SSSR count). The van der Waals surface area contributed by atoms with Gasteiger partial charge in [0.2, 0.25) is 0 Å². The molecule has 1 fully saturated rings. The molecule has 18 heavy (non-hydrogen) atoms. The molecule has 2 atom stereocenters. The van der Waals surface area contributed by atoms with Crippen LogP contribution in [0.3, 0.4) is 0 Å². The maximum absolute atomic E-state index is 12.0. The second-order valence-electron chi connectivity index (χ2n) is 6.62. The van der Waals surface area contributed by atoms with E-state index in [4.69, 9.17) is 10.5 Å². The van der Waals surface area contributed by atoms with Crippen LogP contribution in [0.5, 0.6) is 0 Å². The average Bonchev–Trinajstić information content (AvgIpc) is 2.25. The first kappa shape index (κ1) is 15.3. The van der Waals surface area contributed by atoms with E-state index < -0.39 is 5.60 Å². The smallest absolute Gasteiger partial charge is 0.410 e. The van der Waals surface area contributed by atoms with Crippen molar-refractivity contribution < 1.29 is 9.53 Å². The molecule has 4 nitrogen and oxygen atoms in total. The normalized spacial score (nSPS) is 25.4. The molecule has 0 bridgehead atoms. The standard InChI is InChI=1S/C14H28N2O2/c1-10(2)12-9-16(7-6-11(12)8-15)13(17)18-14(3,4)5/h10-12H,6-9,15H2,1-5H3/t11-,12+/m0/s1. The highest BCUT2D eigenvalue weighted by atomic mass is 16.6. The topological polar surface area (TPSA) is 55.6 Å². The van der Waals surface area contributed by atoms with Crippen LogP contribution in [-0.2, 0) is 4.74 Å². The molecule has 0 radical (unpaired) electrons. The molecule has 4 heteroatoms. The lowest BCUT2D eigenvalue weighted by molar-refractivity contribution is 0.00633. The van der Waals surface area contributed by atoms with Gasteiger partial charge in [-0.15, -0.1) is 0 Å². The van der Waals surface area contributed by atoms with E-state index in [1.807, 2.05) is 25.7 Å². The number of likely N-dealkylation sites (tertiary alicyclic amines) is 1. The summed E-state index contributed by atoms with van der Waals surface area (Å²) in [5.74, 6) is 1.56. The van der Waals surface area contributed by atoms with Gasteiger partial charge in [0.25, 0.3) is 0 Å². The molecule has 0 aromatic rings. The van der Waals surface area contributed by atoms with Crippen LogP contribution in [0.2, 0.25) is 0 Å². The maximum atomic E-state index is 12.0. The van der Waals surface area contributed by atoms with Crippen LogP contribution in [0.25, 0.3) is 0 Å². The number of nitrogens with two attached hydrogens (primary N) is 1. The van der Waals surface area contributed by atoms with Crippen molar-refractivity contribution in [2.24, 2.45) is 23.5 Å². The summed E-state index contributed by atoms with van der Waals surface area (Å²) >= 11 is 0. The number of ether oxygens (including phenoxy) is 1. The van der Waals surface area contributed by atoms with Crippen LogP contribution in [0.15, 0.2) is 0 Å². The van der Waals surface area contributed by atoms with Crippen molar-refractivity contribution in [3.05, 3.63) is 0 Å². The second-order valence-corrected chi connectivity index (χ2v) is 6.62. The van der Waals surface area contributed by atoms with E-state index in [9.17, 15) is 4.79 Å². The predicted octanol–water partition coefficient (Wildman–Crippen LogP) is 2.47. The van der Waals surface area contributed by atoms with Gasteiger partial charge in [-0.2, -0.15) is 0 Å². The highest BCUT2D eigenvalue weighted by molar-refractivity contribution is 5.68. The largest absolute Gasteiger partial charge is 0.444 e. The molecule has 0 aliphatic carbocycles. The molecular weight excluding hydrogens is 228 g/mol. The predicted molar refractivity (Wildman–Crippen MR) is 73.3 cm³/mol. The molecule has 0 aromatic heterocycles. The Labute approximate surface area is 111 Å². The molecule has 1 aliphatic rings. The van der Waals surface area contributed by atoms with Crippen molar-refractivity contribution in [2.45, 2.75) is 46.6 Å². The first-order valence-electron chi connectivity index (χ1n) is 6.92. The fourth-order valence-electron chi connectivity index (χ4n) is 2.57. The average molecular weight is 256 g/mol. The molecular formula is C14H28N2O2. The number of carbonyl (C=O) groups excluding carboxylic acids is 1. The fraction of sp³-hybridized carbons (Fsp3) is 0.929. The van der Waals surface area contributed by atoms with Gasteiger partial charge in [-0.05, 0) is 51.5 Å². The Bertz CT molecular complexity index is 284. The first-order valence-corrected chi connectivity index (χ1v) is 6.92. The van der Waals surface area contributed by atoms with Gasteiger partial charge in [-0.25, -0.2) is 4.79 Å². The van der Waals surface area contributed by atoms with E-state index in [0.29, 0.717) is 24.3 Å². The highest BCUT2D eigenvalue weighted by Gasteiger charge is 2.34. The van der Waals surface area contributed by atoms with Crippen molar-refractivity contribution in [1.82, 2.24) is 4.90 Å². The van der Waals surface area contributed by atoms with E-state index in [-0.39, 0.29) is 6.09 Å². The number of nitrogens with zero attached hydrogens (tertiary/aromatic N) is 1. The van der Waals surface area contributed by atoms with Crippen LogP contribution >= 0.6 is 0 Å². The molecule has 1 aliphatic heterocycles. The molecule has 0 spiro atoms. The summed E-state index contributed by atoms with van der Waals surface area (Å²) in [7, 11) is 0. The van der Waals surface area contributed by atoms with E-state index in [0.717, 1.165) is 19.5 Å². The number of amides is 1. The van der Waals surface area contributed by atoms with Crippen molar-refractivity contribution in [1.29, 1.82) is 0 Å². The number of hydrogen-bond acceptors (Lipinski definition) is 3. The van der Waals surface area contributed by atoms with Crippen LogP contribution < -0.4 is 5.73 Å². The monoisotopic (exact) mass is 256 g/mol. The zero-order chi connectivity index (χ0) is 13.9. The minimum Gasteiger partial charge on any atom is -0.444 e. The van der Waals surface area contributed by atoms with Crippen LogP contribution in [0, 0.1) is 17.8 Å². The van der Waals surface area contributed by atoms with Gasteiger partial charge in [0.05, 0.1) is 0 Å². The Balaban J connectivity index is 2.63. The SMILES string of the molecule is CC(C)[C@H]1CN(C(=O)OC(C)(C)C)CC[C@H]1CN. The third-order valence-corrected chi connectivity index (χ3v) is 3.62. The summed E-state index contributed by atoms with van der Waals surface area (Å²) in [6.45, 7) is 12.4. The van der Waals surface area contributed by atoms with Gasteiger partial charge in [0.15, 0.2) is 0 Å². The molecule has 1 amide bonds. The third kappa shape index (κ3) is 4.16. The minimum absolute atomic E-state index is 0.191. The maximum Gasteiger partial charge on any atom is 0.410 e. The lowest BCUT2D eigenvalue weighted by atomic mass is 9.78. The summed E-state index contributed by atoms with van der Waals surface area (Å²) in [5.41, 5.74) is 5.40. The van der Waals surface area contributed by atoms with Crippen molar-refractivity contribution in [2.75, 3.05) is 19.6 Å². The Kier molecular flexibility index (Phi) is 5.02. The number of piperidine rings is 1. The van der Waals surface area contributed by atoms with Gasteiger partial charge in [-0.3, -0.25) is 0 Å². The molecule has 0 saturated carbocycles. The number of carbonyl (C=O) groups is 1. The number of rotatable bonds is 2. The van der Waals surface area contributed by atoms with Gasteiger partial charge in [0, 0.05) is 13.1 Å². The second kappa shape index (κ2) is 5.91. The van der Waals surface area contributed by atoms with Crippen molar-refractivity contribution in [3.8, 4) is 0 Å². The van der Waals surface area contributed by atoms with Crippen LogP contribution in [-0.4, -0.2) is 36.2 Å².